The van der Waals surface area contributed by atoms with Crippen LogP contribution in [0, 0.1) is 0 Å². The molecule has 4 aromatic carbocycles. The van der Waals surface area contributed by atoms with E-state index in [1.165, 1.54) is 0 Å². The van der Waals surface area contributed by atoms with E-state index in [0.29, 0.717) is 5.56 Å². The first-order valence-electron chi connectivity index (χ1n) is 12.6. The monoisotopic (exact) mass is 492 g/mol. The third kappa shape index (κ3) is 5.30. The highest BCUT2D eigenvalue weighted by molar-refractivity contribution is 5.87. The Labute approximate surface area is 220 Å². The summed E-state index contributed by atoms with van der Waals surface area (Å²) in [5.41, 5.74) is 3.47. The third-order valence-electron chi connectivity index (χ3n) is 6.79. The van der Waals surface area contributed by atoms with Crippen LogP contribution in [0.25, 0.3) is 0 Å². The first kappa shape index (κ1) is 26.2. The van der Waals surface area contributed by atoms with Gasteiger partial charge in [0.1, 0.15) is 17.4 Å². The molecule has 4 aromatic rings. The van der Waals surface area contributed by atoms with Crippen molar-refractivity contribution in [3.05, 3.63) is 131 Å². The van der Waals surface area contributed by atoms with E-state index in [1.54, 1.807) is 6.21 Å². The molecule has 4 rings (SSSR count). The topological polar surface area (TPSA) is 56.1 Å². The van der Waals surface area contributed by atoms with Gasteiger partial charge in [0.25, 0.3) is 0 Å². The maximum Gasteiger partial charge on any atom is 0.141 e. The van der Waals surface area contributed by atoms with Crippen LogP contribution in [0.3, 0.4) is 0 Å². The SMILES string of the molecule is CN(C)c1cc(C=NC(c2ccccc2)(c2ccccc2)[C@@H](O)c2ccccc2)c(O)c(C(C)(C)C)c1. The Morgan fingerprint density at radius 1 is 0.757 bits per heavy atom. The average Bonchev–Trinajstić information content (AvgIpc) is 2.90. The lowest BCUT2D eigenvalue weighted by Crippen LogP contribution is -2.33. The first-order chi connectivity index (χ1) is 17.6. The fourth-order valence-electron chi connectivity index (χ4n) is 4.70. The van der Waals surface area contributed by atoms with Crippen LogP contribution >= 0.6 is 0 Å². The van der Waals surface area contributed by atoms with Gasteiger partial charge in [-0.15, -0.1) is 0 Å². The van der Waals surface area contributed by atoms with Crippen molar-refractivity contribution in [1.82, 2.24) is 0 Å². The number of aliphatic hydroxyl groups excluding tert-OH is 1. The van der Waals surface area contributed by atoms with Gasteiger partial charge in [0.15, 0.2) is 0 Å². The molecule has 0 fully saturated rings. The Morgan fingerprint density at radius 3 is 1.70 bits per heavy atom. The third-order valence-corrected chi connectivity index (χ3v) is 6.79. The largest absolute Gasteiger partial charge is 0.507 e. The number of benzene rings is 4. The van der Waals surface area contributed by atoms with Crippen molar-refractivity contribution < 1.29 is 10.2 Å². The Morgan fingerprint density at radius 2 is 1.24 bits per heavy atom. The molecular formula is C33H36N2O2. The number of nitrogens with zero attached hydrogens (tertiary/aromatic N) is 2. The molecule has 0 radical (unpaired) electrons. The summed E-state index contributed by atoms with van der Waals surface area (Å²) in [7, 11) is 3.97. The smallest absolute Gasteiger partial charge is 0.141 e. The van der Waals surface area contributed by atoms with Crippen molar-refractivity contribution >= 4 is 11.9 Å². The van der Waals surface area contributed by atoms with Crippen LogP contribution in [0.1, 0.15) is 54.7 Å². The molecule has 0 unspecified atom stereocenters. The molecule has 0 spiro atoms. The lowest BCUT2D eigenvalue weighted by Gasteiger charge is -2.36. The van der Waals surface area contributed by atoms with Crippen molar-refractivity contribution in [1.29, 1.82) is 0 Å². The molecule has 0 amide bonds. The van der Waals surface area contributed by atoms with Crippen LogP contribution in [-0.4, -0.2) is 30.5 Å². The summed E-state index contributed by atoms with van der Waals surface area (Å²) in [4.78, 5) is 7.19. The average molecular weight is 493 g/mol. The number of aliphatic imine (C=N–C) groups is 1. The maximum atomic E-state index is 12.0. The summed E-state index contributed by atoms with van der Waals surface area (Å²) in [6.45, 7) is 6.25. The van der Waals surface area contributed by atoms with Crippen molar-refractivity contribution in [3.8, 4) is 5.75 Å². The van der Waals surface area contributed by atoms with Crippen LogP contribution < -0.4 is 4.90 Å². The van der Waals surface area contributed by atoms with Gasteiger partial charge in [-0.2, -0.15) is 0 Å². The van der Waals surface area contributed by atoms with Crippen molar-refractivity contribution in [2.75, 3.05) is 19.0 Å². The Balaban J connectivity index is 2.01. The van der Waals surface area contributed by atoms with Gasteiger partial charge in [-0.25, -0.2) is 0 Å². The maximum absolute atomic E-state index is 12.0. The van der Waals surface area contributed by atoms with Crippen LogP contribution in [0.2, 0.25) is 0 Å². The number of phenolic OH excluding ortho intramolecular Hbond substituents is 1. The molecule has 4 nitrogen and oxygen atoms in total. The van der Waals surface area contributed by atoms with Gasteiger partial charge in [0.2, 0.25) is 0 Å². The van der Waals surface area contributed by atoms with Gasteiger partial charge >= 0.3 is 0 Å². The number of hydrogen-bond acceptors (Lipinski definition) is 4. The highest BCUT2D eigenvalue weighted by Gasteiger charge is 2.42. The van der Waals surface area contributed by atoms with E-state index in [-0.39, 0.29) is 11.2 Å². The number of phenols is 1. The minimum atomic E-state index is -1.15. The van der Waals surface area contributed by atoms with Gasteiger partial charge in [-0.3, -0.25) is 4.99 Å². The summed E-state index contributed by atoms with van der Waals surface area (Å²) in [6.07, 6.45) is 0.736. The molecule has 1 atom stereocenters. The van der Waals surface area contributed by atoms with Gasteiger partial charge in [-0.1, -0.05) is 112 Å². The van der Waals surface area contributed by atoms with Gasteiger partial charge < -0.3 is 15.1 Å². The zero-order valence-electron chi connectivity index (χ0n) is 22.3. The highest BCUT2D eigenvalue weighted by Crippen LogP contribution is 2.45. The minimum Gasteiger partial charge on any atom is -0.507 e. The predicted octanol–water partition coefficient (Wildman–Crippen LogP) is 6.85. The quantitative estimate of drug-likeness (QED) is 0.277. The zero-order chi connectivity index (χ0) is 26.6. The number of hydrogen-bond donors (Lipinski definition) is 2. The lowest BCUT2D eigenvalue weighted by molar-refractivity contribution is 0.107. The molecule has 0 saturated carbocycles. The van der Waals surface area contributed by atoms with Crippen molar-refractivity contribution in [2.45, 2.75) is 37.8 Å². The molecule has 0 bridgehead atoms. The lowest BCUT2D eigenvalue weighted by atomic mass is 9.76. The Hall–Kier alpha value is -3.89. The molecular weight excluding hydrogens is 456 g/mol. The number of anilines is 1. The van der Waals surface area contributed by atoms with E-state index < -0.39 is 11.6 Å². The highest BCUT2D eigenvalue weighted by atomic mass is 16.3. The predicted molar refractivity (Wildman–Crippen MR) is 154 cm³/mol. The van der Waals surface area contributed by atoms with Crippen LogP contribution in [0.15, 0.2) is 108 Å². The first-order valence-corrected chi connectivity index (χ1v) is 12.6. The molecule has 2 N–H and O–H groups in total. The van der Waals surface area contributed by atoms with Gasteiger partial charge in [0, 0.05) is 37.1 Å². The van der Waals surface area contributed by atoms with Crippen LogP contribution in [0.4, 0.5) is 5.69 Å². The molecule has 37 heavy (non-hydrogen) atoms. The van der Waals surface area contributed by atoms with E-state index >= 15 is 0 Å². The molecule has 0 saturated heterocycles. The van der Waals surface area contributed by atoms with E-state index in [2.05, 4.69) is 20.8 Å². The van der Waals surface area contributed by atoms with Gasteiger partial charge in [0.05, 0.1) is 0 Å². The van der Waals surface area contributed by atoms with Crippen molar-refractivity contribution in [3.63, 3.8) is 0 Å². The number of aromatic hydroxyl groups is 1. The van der Waals surface area contributed by atoms with E-state index in [4.69, 9.17) is 4.99 Å². The van der Waals surface area contributed by atoms with E-state index in [1.807, 2.05) is 122 Å². The van der Waals surface area contributed by atoms with E-state index in [0.717, 1.165) is 27.9 Å². The van der Waals surface area contributed by atoms with Crippen LogP contribution in [-0.2, 0) is 11.0 Å². The summed E-state index contributed by atoms with van der Waals surface area (Å²) in [5.74, 6) is 0.200. The second kappa shape index (κ2) is 10.6. The zero-order valence-corrected chi connectivity index (χ0v) is 22.3. The molecule has 0 aliphatic rings. The molecule has 4 heteroatoms. The summed E-state index contributed by atoms with van der Waals surface area (Å²) in [5, 5.41) is 23.4. The second-order valence-electron chi connectivity index (χ2n) is 10.6. The Kier molecular flexibility index (Phi) is 7.51. The number of rotatable bonds is 7. The minimum absolute atomic E-state index is 0.200. The second-order valence-corrected chi connectivity index (χ2v) is 10.6. The fraction of sp³-hybridized carbons (Fsp3) is 0.242. The van der Waals surface area contributed by atoms with E-state index in [9.17, 15) is 10.2 Å². The summed E-state index contributed by atoms with van der Waals surface area (Å²) < 4.78 is 0. The summed E-state index contributed by atoms with van der Waals surface area (Å²) >= 11 is 0. The van der Waals surface area contributed by atoms with Crippen LogP contribution in [0.5, 0.6) is 5.75 Å². The summed E-state index contributed by atoms with van der Waals surface area (Å²) in [6, 6.07) is 33.3. The molecule has 190 valence electrons. The van der Waals surface area contributed by atoms with Gasteiger partial charge in [-0.05, 0) is 34.2 Å². The number of aliphatic hydroxyl groups is 1. The normalized spacial score (nSPS) is 13.0. The Bertz CT molecular complexity index is 1300. The molecule has 0 aromatic heterocycles. The fourth-order valence-corrected chi connectivity index (χ4v) is 4.70. The molecule has 0 aliphatic carbocycles. The molecule has 0 aliphatic heterocycles. The molecule has 0 heterocycles. The van der Waals surface area contributed by atoms with Crippen molar-refractivity contribution in [2.24, 2.45) is 4.99 Å². The standard InChI is InChI=1S/C33H36N2O2/c1-32(2,3)29-22-28(35(4)5)21-25(30(29)36)23-34-33(26-17-11-7-12-18-26,27-19-13-8-14-20-27)31(37)24-15-9-6-10-16-24/h6-23,31,36-37H,1-5H3/t31-/m0/s1.